The van der Waals surface area contributed by atoms with Crippen LogP contribution >= 0.6 is 0 Å². The molecule has 3 heterocycles. The second kappa shape index (κ2) is 24.6. The molecule has 0 saturated heterocycles. The summed E-state index contributed by atoms with van der Waals surface area (Å²) in [5.74, 6) is 1.43. The number of hydrazine groups is 6. The molecule has 0 bridgehead atoms. The van der Waals surface area contributed by atoms with Crippen LogP contribution in [-0.2, 0) is 19.8 Å². The largest absolute Gasteiger partial charge is 0.489 e. The van der Waals surface area contributed by atoms with E-state index >= 15 is 0 Å². The molecular weight excluding hydrogens is 1130 g/mol. The molecule has 6 aliphatic rings. The summed E-state index contributed by atoms with van der Waals surface area (Å²) in [7, 11) is 5.71. The van der Waals surface area contributed by atoms with E-state index in [1.54, 1.807) is 109 Å². The lowest BCUT2D eigenvalue weighted by atomic mass is 9.83. The molecule has 0 radical (unpaired) electrons. The minimum Gasteiger partial charge on any atom is -0.489 e. The van der Waals surface area contributed by atoms with Gasteiger partial charge in [0.2, 0.25) is 0 Å². The van der Waals surface area contributed by atoms with Crippen molar-refractivity contribution in [3.05, 3.63) is 319 Å². The van der Waals surface area contributed by atoms with Crippen LogP contribution in [0.1, 0.15) is 129 Å². The van der Waals surface area contributed by atoms with Crippen molar-refractivity contribution >= 4 is 51.8 Å². The predicted molar refractivity (Wildman–Crippen MR) is 338 cm³/mol. The summed E-state index contributed by atoms with van der Waals surface area (Å²) >= 11 is 0. The number of rotatable bonds is 12. The first-order valence-corrected chi connectivity index (χ1v) is 28.8. The summed E-state index contributed by atoms with van der Waals surface area (Å²) in [5.41, 5.74) is 31.9. The minimum atomic E-state index is -0.125. The smallest absolute Gasteiger partial charge is 0.194 e. The van der Waals surface area contributed by atoms with Crippen LogP contribution < -0.4 is 47.1 Å². The van der Waals surface area contributed by atoms with Gasteiger partial charge in [-0.1, -0.05) is 127 Å². The van der Waals surface area contributed by atoms with Crippen molar-refractivity contribution in [1.82, 2.24) is 47.9 Å². The van der Waals surface area contributed by atoms with Gasteiger partial charge in [0.05, 0.1) is 17.1 Å². The average molecular weight is 1190 g/mol. The van der Waals surface area contributed by atoms with Gasteiger partial charge in [-0.25, -0.2) is 0 Å². The van der Waals surface area contributed by atoms with E-state index in [4.69, 9.17) is 14.2 Å². The van der Waals surface area contributed by atoms with Gasteiger partial charge in [-0.2, -0.15) is 0 Å². The van der Waals surface area contributed by atoms with Gasteiger partial charge in [0.25, 0.3) is 0 Å². The Labute approximate surface area is 517 Å². The molecule has 0 saturated carbocycles. The van der Waals surface area contributed by atoms with E-state index in [1.165, 1.54) is 0 Å². The summed E-state index contributed by atoms with van der Waals surface area (Å²) in [6.45, 7) is 0.888. The average Bonchev–Trinajstić information content (AvgIpc) is 1.07. The highest BCUT2D eigenvalue weighted by Gasteiger charge is 2.32. The molecule has 6 N–H and O–H groups in total. The highest BCUT2D eigenvalue weighted by Crippen LogP contribution is 2.33. The summed E-state index contributed by atoms with van der Waals surface area (Å²) in [6, 6.07) is 60.0. The molecule has 18 nitrogen and oxygen atoms in total. The highest BCUT2D eigenvalue weighted by atomic mass is 16.5. The standard InChI is InChI=1S/3C24H19N3O3/c3*1-27-13-22(25-26-27)16-5-4-6-17(12-16)30-14-15-9-10-20-21(11-15)24(29)19-8-3-2-7-18(19)23(20)28/h3*2-13,25-26H,14H2,1H3. The number of ketones is 6. The van der Waals surface area contributed by atoms with E-state index in [0.717, 1.165) is 67.7 Å². The maximum Gasteiger partial charge on any atom is 0.194 e. The summed E-state index contributed by atoms with van der Waals surface area (Å²) in [4.78, 5) is 76.8. The number of hydrogen-bond acceptors (Lipinski definition) is 18. The molecule has 18 heteroatoms. The molecular formula is C72H57N9O9. The van der Waals surface area contributed by atoms with Gasteiger partial charge in [-0.15, -0.1) is 16.6 Å². The molecule has 3 aliphatic heterocycles. The molecule has 15 rings (SSSR count). The minimum absolute atomic E-state index is 0.115. The van der Waals surface area contributed by atoms with Crippen molar-refractivity contribution in [3.8, 4) is 17.2 Å². The van der Waals surface area contributed by atoms with Crippen molar-refractivity contribution in [1.29, 1.82) is 0 Å². The van der Waals surface area contributed by atoms with Crippen LogP contribution in [-0.4, -0.2) is 70.9 Å². The highest BCUT2D eigenvalue weighted by molar-refractivity contribution is 6.30. The van der Waals surface area contributed by atoms with Crippen LogP contribution in [0.5, 0.6) is 17.2 Å². The van der Waals surface area contributed by atoms with E-state index in [0.29, 0.717) is 86.6 Å². The number of hydrogen-bond donors (Lipinski definition) is 6. The third kappa shape index (κ3) is 11.7. The molecule has 90 heavy (non-hydrogen) atoms. The Kier molecular flexibility index (Phi) is 15.7. The van der Waals surface area contributed by atoms with Gasteiger partial charge in [-0.3, -0.25) is 43.8 Å². The van der Waals surface area contributed by atoms with E-state index < -0.39 is 0 Å². The molecule has 0 amide bonds. The van der Waals surface area contributed by atoms with Gasteiger partial charge in [0.1, 0.15) is 37.1 Å². The zero-order valence-corrected chi connectivity index (χ0v) is 48.9. The molecule has 9 aromatic carbocycles. The number of nitrogens with zero attached hydrogens (tertiary/aromatic N) is 3. The fourth-order valence-corrected chi connectivity index (χ4v) is 11.1. The van der Waals surface area contributed by atoms with Gasteiger partial charge >= 0.3 is 0 Å². The predicted octanol–water partition coefficient (Wildman–Crippen LogP) is 9.88. The quantitative estimate of drug-likeness (QED) is 0.0672. The maximum atomic E-state index is 12.9. The topological polar surface area (TPSA) is 212 Å². The molecule has 0 fully saturated rings. The summed E-state index contributed by atoms with van der Waals surface area (Å²) < 4.78 is 17.9. The number of benzene rings is 9. The Balaban J connectivity index is 0.000000124. The van der Waals surface area contributed by atoms with E-state index in [9.17, 15) is 28.8 Å². The van der Waals surface area contributed by atoms with Crippen LogP contribution in [0, 0.1) is 0 Å². The van der Waals surface area contributed by atoms with Crippen LogP contribution in [0.25, 0.3) is 17.1 Å². The first-order chi connectivity index (χ1) is 43.8. The van der Waals surface area contributed by atoms with E-state index in [1.807, 2.05) is 146 Å². The lowest BCUT2D eigenvalue weighted by molar-refractivity contribution is 0.0979. The molecule has 444 valence electrons. The third-order valence-corrected chi connectivity index (χ3v) is 15.7. The van der Waals surface area contributed by atoms with E-state index in [2.05, 4.69) is 32.9 Å². The van der Waals surface area contributed by atoms with Crippen molar-refractivity contribution in [2.75, 3.05) is 21.1 Å². The SMILES string of the molecule is CN1C=C(c2cccc(OCc3ccc4c(c3)C(=O)c3ccccc3C4=O)c2)NN1.CN1C=C(c2cccc(OCc3ccc4c(c3)C(=O)c3ccccc3C4=O)c2)NN1.CN1C=C(c2cccc(OCc3ccc4c(c3)C(=O)c3ccccc3C4=O)c2)NN1. The first-order valence-electron chi connectivity index (χ1n) is 28.8. The maximum absolute atomic E-state index is 12.9. The normalized spacial score (nSPS) is 14.7. The lowest BCUT2D eigenvalue weighted by Gasteiger charge is -2.18. The van der Waals surface area contributed by atoms with Crippen molar-refractivity contribution < 1.29 is 43.0 Å². The van der Waals surface area contributed by atoms with Gasteiger partial charge in [-0.05, 0) is 89.5 Å². The summed E-state index contributed by atoms with van der Waals surface area (Å²) in [5, 5.41) is 5.48. The van der Waals surface area contributed by atoms with Crippen LogP contribution in [0.4, 0.5) is 0 Å². The fourth-order valence-electron chi connectivity index (χ4n) is 11.1. The van der Waals surface area contributed by atoms with Crippen molar-refractivity contribution in [3.63, 3.8) is 0 Å². The lowest BCUT2D eigenvalue weighted by Crippen LogP contribution is -2.33. The Bertz CT molecular complexity index is 4100. The van der Waals surface area contributed by atoms with Crippen LogP contribution in [0.3, 0.4) is 0 Å². The van der Waals surface area contributed by atoms with E-state index in [-0.39, 0.29) is 34.7 Å². The van der Waals surface area contributed by atoms with Gasteiger partial charge in [0.15, 0.2) is 34.7 Å². The monoisotopic (exact) mass is 1190 g/mol. The molecule has 0 aromatic heterocycles. The van der Waals surface area contributed by atoms with Crippen molar-refractivity contribution in [2.24, 2.45) is 0 Å². The Hall–Kier alpha value is -11.7. The number of nitrogens with one attached hydrogen (secondary N) is 6. The van der Waals surface area contributed by atoms with Crippen LogP contribution in [0.15, 0.2) is 219 Å². The molecule has 0 spiro atoms. The molecule has 0 unspecified atom stereocenters. The zero-order valence-electron chi connectivity index (χ0n) is 48.9. The fraction of sp³-hybridized carbons (Fsp3) is 0.0833. The molecule has 3 aliphatic carbocycles. The Morgan fingerprint density at radius 2 is 0.522 bits per heavy atom. The molecule has 9 aromatic rings. The second-order valence-electron chi connectivity index (χ2n) is 21.9. The Morgan fingerprint density at radius 1 is 0.278 bits per heavy atom. The number of carbonyl (C=O) groups excluding carboxylic acids is 6. The molecule has 0 atom stereocenters. The number of ether oxygens (including phenoxy) is 3. The Morgan fingerprint density at radius 3 is 0.767 bits per heavy atom. The number of fused-ring (bicyclic) bond motifs is 6. The zero-order chi connectivity index (χ0) is 62.0. The third-order valence-electron chi connectivity index (χ3n) is 15.7. The van der Waals surface area contributed by atoms with Gasteiger partial charge in [0, 0.05) is 123 Å². The van der Waals surface area contributed by atoms with Crippen LogP contribution in [0.2, 0.25) is 0 Å². The first kappa shape index (κ1) is 57.4. The summed E-state index contributed by atoms with van der Waals surface area (Å²) in [6.07, 6.45) is 5.84. The van der Waals surface area contributed by atoms with Gasteiger partial charge < -0.3 is 30.5 Å². The second-order valence-corrected chi connectivity index (χ2v) is 21.9. The van der Waals surface area contributed by atoms with Crippen molar-refractivity contribution in [2.45, 2.75) is 19.8 Å². The number of carbonyl (C=O) groups is 6.